The second-order valence-corrected chi connectivity index (χ2v) is 8.48. The molecule has 2 aromatic rings. The van der Waals surface area contributed by atoms with Crippen molar-refractivity contribution in [2.45, 2.75) is 51.8 Å². The Morgan fingerprint density at radius 2 is 2.00 bits per heavy atom. The predicted molar refractivity (Wildman–Crippen MR) is 118 cm³/mol. The zero-order valence-corrected chi connectivity index (χ0v) is 17.9. The molecule has 31 heavy (non-hydrogen) atoms. The highest BCUT2D eigenvalue weighted by molar-refractivity contribution is 6.31. The maximum Gasteiger partial charge on any atom is 0.323 e. The molecule has 1 atom stereocenters. The molecule has 1 unspecified atom stereocenters. The van der Waals surface area contributed by atoms with Crippen LogP contribution in [0.25, 0.3) is 11.3 Å². The highest BCUT2D eigenvalue weighted by Gasteiger charge is 2.33. The van der Waals surface area contributed by atoms with Gasteiger partial charge in [0.2, 0.25) is 0 Å². The Balaban J connectivity index is 1.41. The average Bonchev–Trinajstić information content (AvgIpc) is 3.33. The van der Waals surface area contributed by atoms with Gasteiger partial charge in [-0.2, -0.15) is 0 Å². The number of esters is 1. The summed E-state index contributed by atoms with van der Waals surface area (Å²) in [6.45, 7) is 4.35. The third kappa shape index (κ3) is 3.68. The third-order valence-electron chi connectivity index (χ3n) is 6.49. The number of carbonyl (C=O) groups is 2. The van der Waals surface area contributed by atoms with Crippen LogP contribution in [0, 0.1) is 0 Å². The molecule has 0 radical (unpaired) electrons. The monoisotopic (exact) mass is 417 g/mol. The molecule has 2 aromatic carbocycles. The van der Waals surface area contributed by atoms with Crippen molar-refractivity contribution in [2.75, 3.05) is 13.2 Å². The van der Waals surface area contributed by atoms with Crippen molar-refractivity contribution in [1.29, 1.82) is 0 Å². The lowest BCUT2D eigenvalue weighted by Crippen LogP contribution is -2.44. The minimum atomic E-state index is -0.163. The van der Waals surface area contributed by atoms with Crippen LogP contribution in [-0.2, 0) is 38.6 Å². The smallest absolute Gasteiger partial charge is 0.323 e. The summed E-state index contributed by atoms with van der Waals surface area (Å²) in [5.41, 5.74) is 6.03. The summed E-state index contributed by atoms with van der Waals surface area (Å²) in [5, 5.41) is 0. The van der Waals surface area contributed by atoms with Crippen LogP contribution >= 0.6 is 0 Å². The van der Waals surface area contributed by atoms with Crippen LogP contribution in [0.2, 0.25) is 0 Å². The number of ether oxygens (including phenoxy) is 2. The first-order chi connectivity index (χ1) is 15.2. The second kappa shape index (κ2) is 8.31. The Morgan fingerprint density at radius 1 is 1.13 bits per heavy atom. The standard InChI is InChI=1S/C26H27NO4/c1-2-30-26(29)22-9-5-6-12-27(22)15-17-10-11-21-19(13-17)16-31-25(21)24-20-8-4-3-7-18(20)14-23(24)28/h3-4,7-8,10-11,13,22H,2,5-6,9,12,14-16H2,1H3/b25-24+. The highest BCUT2D eigenvalue weighted by atomic mass is 16.5. The number of Topliss-reactive ketones (excluding diaryl/α,β-unsaturated/α-hetero) is 1. The molecule has 160 valence electrons. The number of rotatable bonds is 4. The average molecular weight is 418 g/mol. The van der Waals surface area contributed by atoms with Gasteiger partial charge in [-0.25, -0.2) is 0 Å². The number of ketones is 1. The van der Waals surface area contributed by atoms with E-state index in [9.17, 15) is 9.59 Å². The van der Waals surface area contributed by atoms with Gasteiger partial charge in [-0.1, -0.05) is 48.9 Å². The van der Waals surface area contributed by atoms with Gasteiger partial charge < -0.3 is 9.47 Å². The van der Waals surface area contributed by atoms with Gasteiger partial charge in [0.15, 0.2) is 5.78 Å². The van der Waals surface area contributed by atoms with Gasteiger partial charge in [-0.15, -0.1) is 0 Å². The molecule has 5 nitrogen and oxygen atoms in total. The summed E-state index contributed by atoms with van der Waals surface area (Å²) in [5.74, 6) is 0.717. The molecular formula is C26H27NO4. The van der Waals surface area contributed by atoms with Crippen LogP contribution in [0.3, 0.4) is 0 Å². The Kier molecular flexibility index (Phi) is 5.36. The molecule has 2 aliphatic heterocycles. The summed E-state index contributed by atoms with van der Waals surface area (Å²) in [4.78, 5) is 27.3. The van der Waals surface area contributed by atoms with E-state index in [1.54, 1.807) is 0 Å². The summed E-state index contributed by atoms with van der Waals surface area (Å²) in [6, 6.07) is 14.1. The first kappa shape index (κ1) is 20.0. The van der Waals surface area contributed by atoms with Crippen molar-refractivity contribution < 1.29 is 19.1 Å². The van der Waals surface area contributed by atoms with E-state index in [1.165, 1.54) is 0 Å². The van der Waals surface area contributed by atoms with Crippen LogP contribution in [0.5, 0.6) is 0 Å². The van der Waals surface area contributed by atoms with E-state index >= 15 is 0 Å². The topological polar surface area (TPSA) is 55.8 Å². The van der Waals surface area contributed by atoms with Gasteiger partial charge in [0.1, 0.15) is 18.4 Å². The van der Waals surface area contributed by atoms with Crippen molar-refractivity contribution in [3.63, 3.8) is 0 Å². The van der Waals surface area contributed by atoms with E-state index in [-0.39, 0.29) is 17.8 Å². The fraction of sp³-hybridized carbons (Fsp3) is 0.385. The van der Waals surface area contributed by atoms with Crippen molar-refractivity contribution in [3.05, 3.63) is 70.3 Å². The lowest BCUT2D eigenvalue weighted by Gasteiger charge is -2.34. The first-order valence-electron chi connectivity index (χ1n) is 11.2. The number of piperidine rings is 1. The zero-order chi connectivity index (χ0) is 21.4. The molecule has 3 aliphatic rings. The van der Waals surface area contributed by atoms with Gasteiger partial charge in [-0.3, -0.25) is 14.5 Å². The van der Waals surface area contributed by atoms with E-state index in [0.29, 0.717) is 37.5 Å². The molecule has 2 heterocycles. The normalized spacial score (nSPS) is 22.7. The van der Waals surface area contributed by atoms with Gasteiger partial charge in [0.25, 0.3) is 0 Å². The van der Waals surface area contributed by atoms with Crippen molar-refractivity contribution in [3.8, 4) is 0 Å². The van der Waals surface area contributed by atoms with E-state index in [1.807, 2.05) is 31.2 Å². The largest absolute Gasteiger partial charge is 0.487 e. The number of fused-ring (bicyclic) bond motifs is 2. The molecule has 0 bridgehead atoms. The Hall–Kier alpha value is -2.92. The number of hydrogen-bond donors (Lipinski definition) is 0. The van der Waals surface area contributed by atoms with E-state index in [2.05, 4.69) is 23.1 Å². The lowest BCUT2D eigenvalue weighted by atomic mass is 9.97. The molecule has 1 fully saturated rings. The van der Waals surface area contributed by atoms with Crippen LogP contribution in [-0.4, -0.2) is 35.8 Å². The maximum absolute atomic E-state index is 12.7. The Morgan fingerprint density at radius 3 is 2.87 bits per heavy atom. The number of allylic oxidation sites excluding steroid dienone is 1. The SMILES string of the molecule is CCOC(=O)C1CCCCN1Cc1ccc2c(c1)CO/C2=C1/C(=O)Cc2ccccc21. The van der Waals surface area contributed by atoms with Gasteiger partial charge in [-0.05, 0) is 43.0 Å². The summed E-state index contributed by atoms with van der Waals surface area (Å²) in [6.07, 6.45) is 3.45. The minimum Gasteiger partial charge on any atom is -0.487 e. The van der Waals surface area contributed by atoms with E-state index in [4.69, 9.17) is 9.47 Å². The number of likely N-dealkylation sites (tertiary alicyclic amines) is 1. The van der Waals surface area contributed by atoms with Crippen LogP contribution in [0.4, 0.5) is 0 Å². The van der Waals surface area contributed by atoms with Crippen LogP contribution in [0.15, 0.2) is 42.5 Å². The van der Waals surface area contributed by atoms with Crippen molar-refractivity contribution in [1.82, 2.24) is 4.90 Å². The molecule has 0 saturated carbocycles. The third-order valence-corrected chi connectivity index (χ3v) is 6.49. The minimum absolute atomic E-state index is 0.114. The molecule has 5 heteroatoms. The molecule has 0 aromatic heterocycles. The first-order valence-corrected chi connectivity index (χ1v) is 11.2. The van der Waals surface area contributed by atoms with Crippen molar-refractivity contribution >= 4 is 23.1 Å². The fourth-order valence-electron chi connectivity index (χ4n) is 5.02. The molecule has 0 spiro atoms. The number of benzene rings is 2. The predicted octanol–water partition coefficient (Wildman–Crippen LogP) is 4.13. The molecule has 0 amide bonds. The summed E-state index contributed by atoms with van der Waals surface area (Å²) in [7, 11) is 0. The highest BCUT2D eigenvalue weighted by Crippen LogP contribution is 2.41. The summed E-state index contributed by atoms with van der Waals surface area (Å²) < 4.78 is 11.3. The zero-order valence-electron chi connectivity index (χ0n) is 17.9. The van der Waals surface area contributed by atoms with Gasteiger partial charge >= 0.3 is 5.97 Å². The second-order valence-electron chi connectivity index (χ2n) is 8.48. The number of nitrogens with zero attached hydrogens (tertiary/aromatic N) is 1. The molecule has 1 saturated heterocycles. The molecular weight excluding hydrogens is 390 g/mol. The van der Waals surface area contributed by atoms with Crippen LogP contribution in [0.1, 0.15) is 54.0 Å². The fourth-order valence-corrected chi connectivity index (χ4v) is 5.02. The van der Waals surface area contributed by atoms with Gasteiger partial charge in [0, 0.05) is 24.1 Å². The van der Waals surface area contributed by atoms with Crippen LogP contribution < -0.4 is 0 Å². The molecule has 5 rings (SSSR count). The van der Waals surface area contributed by atoms with E-state index in [0.717, 1.165) is 53.6 Å². The Bertz CT molecular complexity index is 1070. The molecule has 0 N–H and O–H groups in total. The summed E-state index contributed by atoms with van der Waals surface area (Å²) >= 11 is 0. The number of hydrogen-bond acceptors (Lipinski definition) is 5. The quantitative estimate of drug-likeness (QED) is 0.553. The Labute approximate surface area is 182 Å². The number of carbonyl (C=O) groups excluding carboxylic acids is 2. The lowest BCUT2D eigenvalue weighted by molar-refractivity contribution is -0.151. The molecule has 1 aliphatic carbocycles. The van der Waals surface area contributed by atoms with E-state index < -0.39 is 0 Å². The van der Waals surface area contributed by atoms with Gasteiger partial charge in [0.05, 0.1) is 12.2 Å². The van der Waals surface area contributed by atoms with Crippen molar-refractivity contribution in [2.24, 2.45) is 0 Å². The maximum atomic E-state index is 12.7.